The second-order valence-electron chi connectivity index (χ2n) is 6.38. The zero-order valence-corrected chi connectivity index (χ0v) is 14.7. The number of amides is 1. The molecule has 7 nitrogen and oxygen atoms in total. The van der Waals surface area contributed by atoms with Crippen LogP contribution in [0.25, 0.3) is 11.5 Å². The quantitative estimate of drug-likeness (QED) is 0.887. The van der Waals surface area contributed by atoms with Crippen molar-refractivity contribution in [2.75, 3.05) is 32.7 Å². The second-order valence-corrected chi connectivity index (χ2v) is 6.38. The summed E-state index contributed by atoms with van der Waals surface area (Å²) in [6.45, 7) is 7.37. The van der Waals surface area contributed by atoms with E-state index in [0.29, 0.717) is 36.9 Å². The lowest BCUT2D eigenvalue weighted by molar-refractivity contribution is 0.0524. The van der Waals surface area contributed by atoms with E-state index in [1.807, 2.05) is 24.0 Å². The minimum atomic E-state index is -0.289. The molecule has 0 radical (unpaired) electrons. The number of aliphatic hydroxyl groups is 1. The van der Waals surface area contributed by atoms with Gasteiger partial charge in [0.25, 0.3) is 11.8 Å². The van der Waals surface area contributed by atoms with Gasteiger partial charge in [-0.25, -0.2) is 0 Å². The third kappa shape index (κ3) is 4.24. The molecule has 3 rings (SSSR count). The maximum atomic E-state index is 12.6. The molecule has 0 saturated carbocycles. The molecule has 1 aromatic heterocycles. The summed E-state index contributed by atoms with van der Waals surface area (Å²) in [6, 6.07) is 7.25. The molecule has 1 fully saturated rings. The zero-order valence-electron chi connectivity index (χ0n) is 14.7. The van der Waals surface area contributed by atoms with Crippen LogP contribution in [0.4, 0.5) is 0 Å². The summed E-state index contributed by atoms with van der Waals surface area (Å²) in [5.74, 6) is 1.07. The van der Waals surface area contributed by atoms with Crippen LogP contribution in [-0.2, 0) is 0 Å². The predicted molar refractivity (Wildman–Crippen MR) is 93.1 cm³/mol. The summed E-state index contributed by atoms with van der Waals surface area (Å²) in [6.07, 6.45) is 0.466. The molecule has 1 aliphatic rings. The van der Waals surface area contributed by atoms with Crippen molar-refractivity contribution in [3.05, 3.63) is 35.7 Å². The Balaban J connectivity index is 1.58. The summed E-state index contributed by atoms with van der Waals surface area (Å²) in [5, 5.41) is 13.5. The molecular formula is C18H24N4O3. The van der Waals surface area contributed by atoms with Crippen molar-refractivity contribution in [2.45, 2.75) is 26.4 Å². The van der Waals surface area contributed by atoms with Gasteiger partial charge in [-0.3, -0.25) is 9.69 Å². The van der Waals surface area contributed by atoms with Gasteiger partial charge in [0.05, 0.1) is 6.10 Å². The minimum absolute atomic E-state index is 0.0314. The number of aromatic nitrogens is 2. The minimum Gasteiger partial charge on any atom is -0.392 e. The lowest BCUT2D eigenvalue weighted by Crippen LogP contribution is -2.50. The summed E-state index contributed by atoms with van der Waals surface area (Å²) >= 11 is 0. The van der Waals surface area contributed by atoms with Gasteiger partial charge in [-0.05, 0) is 37.6 Å². The van der Waals surface area contributed by atoms with E-state index in [1.165, 1.54) is 0 Å². The average Bonchev–Trinajstić information content (AvgIpc) is 3.08. The van der Waals surface area contributed by atoms with Gasteiger partial charge < -0.3 is 14.5 Å². The first-order chi connectivity index (χ1) is 12.1. The molecule has 1 N–H and O–H groups in total. The van der Waals surface area contributed by atoms with Gasteiger partial charge in [0.15, 0.2) is 5.82 Å². The van der Waals surface area contributed by atoms with Crippen LogP contribution in [0.5, 0.6) is 0 Å². The molecule has 7 heteroatoms. The molecule has 25 heavy (non-hydrogen) atoms. The molecule has 1 aliphatic heterocycles. The first kappa shape index (κ1) is 17.6. The number of hydrogen-bond acceptors (Lipinski definition) is 6. The molecule has 134 valence electrons. The zero-order chi connectivity index (χ0) is 17.8. The van der Waals surface area contributed by atoms with Crippen molar-refractivity contribution in [2.24, 2.45) is 0 Å². The number of benzene rings is 1. The molecule has 0 spiro atoms. The van der Waals surface area contributed by atoms with E-state index in [0.717, 1.165) is 25.1 Å². The number of hydrogen-bond donors (Lipinski definition) is 1. The lowest BCUT2D eigenvalue weighted by Gasteiger charge is -2.35. The topological polar surface area (TPSA) is 82.7 Å². The van der Waals surface area contributed by atoms with Gasteiger partial charge in [0.1, 0.15) is 0 Å². The van der Waals surface area contributed by atoms with Crippen molar-refractivity contribution < 1.29 is 14.4 Å². The number of piperazine rings is 1. The smallest absolute Gasteiger partial charge is 0.257 e. The van der Waals surface area contributed by atoms with E-state index in [9.17, 15) is 9.90 Å². The van der Waals surface area contributed by atoms with E-state index in [4.69, 9.17) is 4.52 Å². The average molecular weight is 344 g/mol. The number of nitrogens with zero attached hydrogens (tertiary/aromatic N) is 4. The highest BCUT2D eigenvalue weighted by molar-refractivity contribution is 5.94. The Morgan fingerprint density at radius 2 is 1.92 bits per heavy atom. The highest BCUT2D eigenvalue weighted by Gasteiger charge is 2.23. The molecule has 0 unspecified atom stereocenters. The van der Waals surface area contributed by atoms with Gasteiger partial charge in [-0.1, -0.05) is 12.1 Å². The summed E-state index contributed by atoms with van der Waals surface area (Å²) in [4.78, 5) is 20.9. The molecule has 0 bridgehead atoms. The van der Waals surface area contributed by atoms with Crippen molar-refractivity contribution in [3.8, 4) is 11.5 Å². The first-order valence-electron chi connectivity index (χ1n) is 8.67. The Morgan fingerprint density at radius 1 is 1.24 bits per heavy atom. The van der Waals surface area contributed by atoms with Crippen LogP contribution in [0.3, 0.4) is 0 Å². The first-order valence-corrected chi connectivity index (χ1v) is 8.67. The van der Waals surface area contributed by atoms with Crippen molar-refractivity contribution in [3.63, 3.8) is 0 Å². The van der Waals surface area contributed by atoms with E-state index < -0.39 is 0 Å². The highest BCUT2D eigenvalue weighted by Crippen LogP contribution is 2.18. The number of β-amino-alcohol motifs (C(OH)–C–C–N with tert-alkyl or cyclic N) is 1. The van der Waals surface area contributed by atoms with Gasteiger partial charge >= 0.3 is 0 Å². The summed E-state index contributed by atoms with van der Waals surface area (Å²) in [5.41, 5.74) is 1.46. The molecule has 2 aromatic rings. The summed E-state index contributed by atoms with van der Waals surface area (Å²) in [7, 11) is 0. The third-order valence-electron chi connectivity index (χ3n) is 4.51. The molecule has 1 atom stereocenters. The Morgan fingerprint density at radius 3 is 2.48 bits per heavy atom. The highest BCUT2D eigenvalue weighted by atomic mass is 16.5. The predicted octanol–water partition coefficient (Wildman–Crippen LogP) is 1.57. The molecule has 1 aromatic carbocycles. The number of rotatable bonds is 5. The van der Waals surface area contributed by atoms with Crippen LogP contribution in [0.15, 0.2) is 28.8 Å². The molecular weight excluding hydrogens is 320 g/mol. The van der Waals surface area contributed by atoms with E-state index in [2.05, 4.69) is 15.0 Å². The maximum absolute atomic E-state index is 12.6. The third-order valence-corrected chi connectivity index (χ3v) is 4.51. The Labute approximate surface area is 147 Å². The fourth-order valence-electron chi connectivity index (χ4n) is 2.91. The number of aryl methyl sites for hydroxylation is 1. The fraction of sp³-hybridized carbons (Fsp3) is 0.500. The standard InChI is InChI=1S/C18H24N4O3/c1-3-16(23)12-21-8-10-22(11-9-21)18(24)15-6-4-14(5-7-15)17-19-13(2)20-25-17/h4-7,16,23H,3,8-12H2,1-2H3/t16-/m0/s1. The van der Waals surface area contributed by atoms with Crippen LogP contribution in [0.1, 0.15) is 29.5 Å². The van der Waals surface area contributed by atoms with Gasteiger partial charge in [0.2, 0.25) is 0 Å². The van der Waals surface area contributed by atoms with Crippen molar-refractivity contribution >= 4 is 5.91 Å². The van der Waals surface area contributed by atoms with E-state index in [1.54, 1.807) is 19.1 Å². The second kappa shape index (κ2) is 7.76. The van der Waals surface area contributed by atoms with Gasteiger partial charge in [0, 0.05) is 43.9 Å². The van der Waals surface area contributed by atoms with Gasteiger partial charge in [-0.2, -0.15) is 4.98 Å². The van der Waals surface area contributed by atoms with E-state index >= 15 is 0 Å². The number of carbonyl (C=O) groups excluding carboxylic acids is 1. The lowest BCUT2D eigenvalue weighted by atomic mass is 10.1. The number of aliphatic hydroxyl groups excluding tert-OH is 1. The maximum Gasteiger partial charge on any atom is 0.257 e. The van der Waals surface area contributed by atoms with Gasteiger partial charge in [-0.15, -0.1) is 0 Å². The molecule has 1 saturated heterocycles. The molecule has 2 heterocycles. The van der Waals surface area contributed by atoms with Crippen LogP contribution in [0.2, 0.25) is 0 Å². The summed E-state index contributed by atoms with van der Waals surface area (Å²) < 4.78 is 5.14. The van der Waals surface area contributed by atoms with Crippen molar-refractivity contribution in [1.29, 1.82) is 0 Å². The SMILES string of the molecule is CC[C@H](O)CN1CCN(C(=O)c2ccc(-c3nc(C)no3)cc2)CC1. The normalized spacial score (nSPS) is 16.8. The molecule has 0 aliphatic carbocycles. The Bertz CT molecular complexity index is 705. The Hall–Kier alpha value is -2.25. The molecule has 1 amide bonds. The van der Waals surface area contributed by atoms with Crippen molar-refractivity contribution in [1.82, 2.24) is 19.9 Å². The monoisotopic (exact) mass is 344 g/mol. The number of carbonyl (C=O) groups is 1. The van der Waals surface area contributed by atoms with Crippen LogP contribution < -0.4 is 0 Å². The van der Waals surface area contributed by atoms with Crippen LogP contribution in [-0.4, -0.2) is 69.8 Å². The largest absolute Gasteiger partial charge is 0.392 e. The van der Waals surface area contributed by atoms with Crippen LogP contribution >= 0.6 is 0 Å². The fourth-order valence-corrected chi connectivity index (χ4v) is 2.91. The Kier molecular flexibility index (Phi) is 5.45. The van der Waals surface area contributed by atoms with Crippen LogP contribution in [0, 0.1) is 6.92 Å². The van der Waals surface area contributed by atoms with E-state index in [-0.39, 0.29) is 12.0 Å².